The molecule has 7 heteroatoms. The molecule has 6 nitrogen and oxygen atoms in total. The smallest absolute Gasteiger partial charge is 0.321 e. The summed E-state index contributed by atoms with van der Waals surface area (Å²) >= 11 is 0. The van der Waals surface area contributed by atoms with E-state index < -0.39 is 0 Å². The average Bonchev–Trinajstić information content (AvgIpc) is 3.00. The van der Waals surface area contributed by atoms with E-state index in [1.54, 1.807) is 17.0 Å². The summed E-state index contributed by atoms with van der Waals surface area (Å²) in [7, 11) is 2.04. The lowest BCUT2D eigenvalue weighted by atomic mass is 10.3. The lowest BCUT2D eigenvalue weighted by molar-refractivity contribution is 0.140. The summed E-state index contributed by atoms with van der Waals surface area (Å²) in [6, 6.07) is 13.8. The number of aryl methyl sites for hydroxylation is 1. The number of amides is 2. The second kappa shape index (κ2) is 7.36. The molecule has 2 heterocycles. The Morgan fingerprint density at radius 2 is 1.78 bits per heavy atom. The van der Waals surface area contributed by atoms with E-state index in [0.717, 1.165) is 36.5 Å². The molecule has 0 atom stereocenters. The van der Waals surface area contributed by atoms with Crippen LogP contribution in [0.15, 0.2) is 48.5 Å². The number of aromatic nitrogens is 2. The summed E-state index contributed by atoms with van der Waals surface area (Å²) in [6.07, 6.45) is 0. The zero-order valence-electron chi connectivity index (χ0n) is 15.2. The molecule has 27 heavy (non-hydrogen) atoms. The Morgan fingerprint density at radius 3 is 2.48 bits per heavy atom. The molecule has 0 unspecified atom stereocenters. The monoisotopic (exact) mass is 367 g/mol. The predicted molar refractivity (Wildman–Crippen MR) is 103 cm³/mol. The molecule has 1 aliphatic heterocycles. The maximum Gasteiger partial charge on any atom is 0.321 e. The quantitative estimate of drug-likeness (QED) is 0.774. The molecule has 2 aromatic carbocycles. The number of halogens is 1. The number of urea groups is 1. The van der Waals surface area contributed by atoms with Crippen LogP contribution >= 0.6 is 0 Å². The van der Waals surface area contributed by atoms with Crippen molar-refractivity contribution in [3.05, 3.63) is 60.2 Å². The van der Waals surface area contributed by atoms with Crippen LogP contribution in [-0.2, 0) is 13.6 Å². The summed E-state index contributed by atoms with van der Waals surface area (Å²) in [5, 5.41) is 2.82. The minimum absolute atomic E-state index is 0.149. The van der Waals surface area contributed by atoms with Crippen molar-refractivity contribution in [3.63, 3.8) is 0 Å². The van der Waals surface area contributed by atoms with Gasteiger partial charge in [-0.15, -0.1) is 0 Å². The van der Waals surface area contributed by atoms with E-state index in [1.165, 1.54) is 12.1 Å². The first-order valence-corrected chi connectivity index (χ1v) is 9.04. The third-order valence-electron chi connectivity index (χ3n) is 5.00. The SMILES string of the molecule is Cn1c(CN2CCN(C(=O)Nc3ccc(F)cc3)CC2)nc2ccccc21. The molecule has 0 bridgehead atoms. The van der Waals surface area contributed by atoms with Crippen molar-refractivity contribution in [1.82, 2.24) is 19.4 Å². The highest BCUT2D eigenvalue weighted by atomic mass is 19.1. The van der Waals surface area contributed by atoms with Gasteiger partial charge in [-0.2, -0.15) is 0 Å². The van der Waals surface area contributed by atoms with Crippen molar-refractivity contribution in [3.8, 4) is 0 Å². The summed E-state index contributed by atoms with van der Waals surface area (Å²) < 4.78 is 15.1. The van der Waals surface area contributed by atoms with Crippen LogP contribution in [0.1, 0.15) is 5.82 Å². The molecule has 140 valence electrons. The summed E-state index contributed by atoms with van der Waals surface area (Å²) in [4.78, 5) is 21.2. The van der Waals surface area contributed by atoms with Crippen LogP contribution < -0.4 is 5.32 Å². The van der Waals surface area contributed by atoms with Crippen molar-refractivity contribution >= 4 is 22.8 Å². The second-order valence-electron chi connectivity index (χ2n) is 6.78. The standard InChI is InChI=1S/C20H22FN5O/c1-24-18-5-3-2-4-17(18)23-19(24)14-25-10-12-26(13-11-25)20(27)22-16-8-6-15(21)7-9-16/h2-9H,10-14H2,1H3,(H,22,27). The molecule has 1 fully saturated rings. The molecule has 0 saturated carbocycles. The van der Waals surface area contributed by atoms with Gasteiger partial charge >= 0.3 is 6.03 Å². The van der Waals surface area contributed by atoms with Gasteiger partial charge in [-0.25, -0.2) is 14.2 Å². The number of rotatable bonds is 3. The number of carbonyl (C=O) groups excluding carboxylic acids is 1. The number of anilines is 1. The Morgan fingerprint density at radius 1 is 1.07 bits per heavy atom. The fourth-order valence-electron chi connectivity index (χ4n) is 3.38. The summed E-state index contributed by atoms with van der Waals surface area (Å²) in [6.45, 7) is 3.65. The largest absolute Gasteiger partial charge is 0.330 e. The number of hydrogen-bond donors (Lipinski definition) is 1. The summed E-state index contributed by atoms with van der Waals surface area (Å²) in [5.41, 5.74) is 2.74. The van der Waals surface area contributed by atoms with Crippen molar-refractivity contribution in [2.24, 2.45) is 7.05 Å². The maximum absolute atomic E-state index is 13.0. The first kappa shape index (κ1) is 17.5. The van der Waals surface area contributed by atoms with Gasteiger partial charge in [-0.1, -0.05) is 12.1 Å². The first-order valence-electron chi connectivity index (χ1n) is 9.04. The van der Waals surface area contributed by atoms with Gasteiger partial charge in [-0.3, -0.25) is 4.90 Å². The Kier molecular flexibility index (Phi) is 4.77. The maximum atomic E-state index is 13.0. The van der Waals surface area contributed by atoms with Gasteiger partial charge in [0.05, 0.1) is 17.6 Å². The van der Waals surface area contributed by atoms with E-state index in [2.05, 4.69) is 20.9 Å². The van der Waals surface area contributed by atoms with E-state index in [9.17, 15) is 9.18 Å². The van der Waals surface area contributed by atoms with Gasteiger partial charge in [0.25, 0.3) is 0 Å². The second-order valence-corrected chi connectivity index (χ2v) is 6.78. The van der Waals surface area contributed by atoms with Crippen LogP contribution in [-0.4, -0.2) is 51.6 Å². The fourth-order valence-corrected chi connectivity index (χ4v) is 3.38. The minimum Gasteiger partial charge on any atom is -0.330 e. The first-order chi connectivity index (χ1) is 13.1. The molecule has 0 aliphatic carbocycles. The third-order valence-corrected chi connectivity index (χ3v) is 5.00. The molecule has 0 spiro atoms. The number of carbonyl (C=O) groups is 1. The van der Waals surface area contributed by atoms with Crippen molar-refractivity contribution in [2.75, 3.05) is 31.5 Å². The number of fused-ring (bicyclic) bond motifs is 1. The minimum atomic E-state index is -0.316. The van der Waals surface area contributed by atoms with Crippen LogP contribution in [0.2, 0.25) is 0 Å². The lowest BCUT2D eigenvalue weighted by Gasteiger charge is -2.34. The number of benzene rings is 2. The Hall–Kier alpha value is -2.93. The molecule has 0 radical (unpaired) electrons. The highest BCUT2D eigenvalue weighted by molar-refractivity contribution is 5.89. The molecular weight excluding hydrogens is 345 g/mol. The van der Waals surface area contributed by atoms with E-state index in [0.29, 0.717) is 18.8 Å². The lowest BCUT2D eigenvalue weighted by Crippen LogP contribution is -2.49. The molecule has 3 aromatic rings. The molecular formula is C20H22FN5O. The van der Waals surface area contributed by atoms with Gasteiger partial charge in [-0.05, 0) is 36.4 Å². The van der Waals surface area contributed by atoms with Gasteiger partial charge in [0.1, 0.15) is 11.6 Å². The molecule has 4 rings (SSSR count). The van der Waals surface area contributed by atoms with Crippen molar-refractivity contribution < 1.29 is 9.18 Å². The van der Waals surface area contributed by atoms with E-state index in [1.807, 2.05) is 25.2 Å². The predicted octanol–water partition coefficient (Wildman–Crippen LogP) is 3.06. The number of nitrogens with zero attached hydrogens (tertiary/aromatic N) is 4. The molecule has 1 N–H and O–H groups in total. The van der Waals surface area contributed by atoms with Gasteiger partial charge in [0, 0.05) is 38.9 Å². The summed E-state index contributed by atoms with van der Waals surface area (Å²) in [5.74, 6) is 0.712. The Bertz CT molecular complexity index is 945. The van der Waals surface area contributed by atoms with Gasteiger partial charge < -0.3 is 14.8 Å². The third kappa shape index (κ3) is 3.78. The van der Waals surface area contributed by atoms with E-state index in [4.69, 9.17) is 4.98 Å². The number of para-hydroxylation sites is 2. The molecule has 1 saturated heterocycles. The average molecular weight is 367 g/mol. The topological polar surface area (TPSA) is 53.4 Å². The number of nitrogens with one attached hydrogen (secondary N) is 1. The molecule has 1 aromatic heterocycles. The Balaban J connectivity index is 1.33. The van der Waals surface area contributed by atoms with Crippen molar-refractivity contribution in [2.45, 2.75) is 6.54 Å². The number of imidazole rings is 1. The molecule has 2 amide bonds. The van der Waals surface area contributed by atoms with Crippen molar-refractivity contribution in [1.29, 1.82) is 0 Å². The van der Waals surface area contributed by atoms with Crippen LogP contribution in [0.4, 0.5) is 14.9 Å². The normalized spacial score (nSPS) is 15.3. The van der Waals surface area contributed by atoms with E-state index in [-0.39, 0.29) is 11.8 Å². The van der Waals surface area contributed by atoms with Gasteiger partial charge in [0.15, 0.2) is 0 Å². The number of hydrogen-bond acceptors (Lipinski definition) is 3. The highest BCUT2D eigenvalue weighted by Gasteiger charge is 2.22. The van der Waals surface area contributed by atoms with Crippen LogP contribution in [0, 0.1) is 5.82 Å². The van der Waals surface area contributed by atoms with Crippen LogP contribution in [0.25, 0.3) is 11.0 Å². The Labute approximate surface area is 157 Å². The van der Waals surface area contributed by atoms with Gasteiger partial charge in [0.2, 0.25) is 0 Å². The zero-order chi connectivity index (χ0) is 18.8. The van der Waals surface area contributed by atoms with Crippen LogP contribution in [0.5, 0.6) is 0 Å². The molecule has 1 aliphatic rings. The van der Waals surface area contributed by atoms with E-state index >= 15 is 0 Å². The number of piperazine rings is 1. The fraction of sp³-hybridized carbons (Fsp3) is 0.300. The zero-order valence-corrected chi connectivity index (χ0v) is 15.2. The van der Waals surface area contributed by atoms with Crippen LogP contribution in [0.3, 0.4) is 0 Å². The highest BCUT2D eigenvalue weighted by Crippen LogP contribution is 2.17.